The molecule has 0 radical (unpaired) electrons. The summed E-state index contributed by atoms with van der Waals surface area (Å²) >= 11 is 0. The van der Waals surface area contributed by atoms with Crippen molar-refractivity contribution in [1.29, 1.82) is 0 Å². The van der Waals surface area contributed by atoms with E-state index < -0.39 is 11.9 Å². The summed E-state index contributed by atoms with van der Waals surface area (Å²) in [6.45, 7) is 0.359. The third kappa shape index (κ3) is 4.49. The molecular formula is C18H20N2O4. The van der Waals surface area contributed by atoms with Crippen molar-refractivity contribution in [2.24, 2.45) is 0 Å². The van der Waals surface area contributed by atoms with Crippen LogP contribution in [0, 0.1) is 0 Å². The fraction of sp³-hybridized carbons (Fsp3) is 0.222. The molecule has 0 spiro atoms. The number of hydrogen-bond acceptors (Lipinski definition) is 4. The van der Waals surface area contributed by atoms with E-state index in [1.54, 1.807) is 50.6 Å². The number of amides is 3. The summed E-state index contributed by atoms with van der Waals surface area (Å²) in [5.41, 5.74) is 1.34. The molecule has 0 aliphatic carbocycles. The van der Waals surface area contributed by atoms with Crippen LogP contribution in [0.5, 0.6) is 11.5 Å². The molecule has 24 heavy (non-hydrogen) atoms. The molecule has 0 atom stereocenters. The molecule has 0 saturated heterocycles. The number of urea groups is 1. The molecule has 6 nitrogen and oxygen atoms in total. The van der Waals surface area contributed by atoms with Crippen molar-refractivity contribution >= 4 is 11.9 Å². The van der Waals surface area contributed by atoms with Gasteiger partial charge < -0.3 is 14.8 Å². The molecule has 0 aromatic heterocycles. The van der Waals surface area contributed by atoms with Gasteiger partial charge in [0.1, 0.15) is 0 Å². The van der Waals surface area contributed by atoms with Crippen LogP contribution in [0.4, 0.5) is 4.79 Å². The first-order valence-corrected chi connectivity index (χ1v) is 7.49. The van der Waals surface area contributed by atoms with Crippen LogP contribution in [0.15, 0.2) is 48.5 Å². The van der Waals surface area contributed by atoms with E-state index in [-0.39, 0.29) is 0 Å². The number of methoxy groups -OCH3 is 2. The third-order valence-electron chi connectivity index (χ3n) is 3.43. The van der Waals surface area contributed by atoms with Gasteiger partial charge in [-0.1, -0.05) is 30.3 Å². The molecule has 0 bridgehead atoms. The Morgan fingerprint density at radius 1 is 0.958 bits per heavy atom. The van der Waals surface area contributed by atoms with Gasteiger partial charge in [0, 0.05) is 12.1 Å². The lowest BCUT2D eigenvalue weighted by molar-refractivity contribution is 0.0964. The Morgan fingerprint density at radius 2 is 1.71 bits per heavy atom. The van der Waals surface area contributed by atoms with E-state index in [2.05, 4.69) is 10.6 Å². The molecule has 2 aromatic rings. The van der Waals surface area contributed by atoms with Crippen molar-refractivity contribution in [3.05, 3.63) is 59.7 Å². The summed E-state index contributed by atoms with van der Waals surface area (Å²) in [5.74, 6) is 0.841. The normalized spacial score (nSPS) is 9.92. The summed E-state index contributed by atoms with van der Waals surface area (Å²) in [6, 6.07) is 13.6. The molecule has 0 aliphatic heterocycles. The zero-order chi connectivity index (χ0) is 17.4. The second kappa shape index (κ2) is 8.57. The first-order valence-electron chi connectivity index (χ1n) is 7.49. The van der Waals surface area contributed by atoms with E-state index in [0.29, 0.717) is 30.0 Å². The average molecular weight is 328 g/mol. The maximum atomic E-state index is 11.9. The average Bonchev–Trinajstić information content (AvgIpc) is 2.62. The molecular weight excluding hydrogens is 308 g/mol. The summed E-state index contributed by atoms with van der Waals surface area (Å²) in [7, 11) is 3.14. The number of carbonyl (C=O) groups is 2. The van der Waals surface area contributed by atoms with Crippen molar-refractivity contribution < 1.29 is 19.1 Å². The fourth-order valence-corrected chi connectivity index (χ4v) is 2.27. The van der Waals surface area contributed by atoms with E-state index in [0.717, 1.165) is 5.56 Å². The lowest BCUT2D eigenvalue weighted by atomic mass is 10.1. The Morgan fingerprint density at radius 3 is 2.38 bits per heavy atom. The van der Waals surface area contributed by atoms with Gasteiger partial charge in [-0.15, -0.1) is 0 Å². The number of benzene rings is 2. The van der Waals surface area contributed by atoms with Gasteiger partial charge in [-0.05, 0) is 30.2 Å². The minimum Gasteiger partial charge on any atom is -0.493 e. The summed E-state index contributed by atoms with van der Waals surface area (Å²) in [4.78, 5) is 23.7. The van der Waals surface area contributed by atoms with Gasteiger partial charge in [0.25, 0.3) is 5.91 Å². The predicted molar refractivity (Wildman–Crippen MR) is 90.6 cm³/mol. The number of imide groups is 1. The summed E-state index contributed by atoms with van der Waals surface area (Å²) in [5, 5.41) is 4.94. The Hall–Kier alpha value is -3.02. The monoisotopic (exact) mass is 328 g/mol. The van der Waals surface area contributed by atoms with Crippen LogP contribution in [0.3, 0.4) is 0 Å². The molecule has 0 heterocycles. The zero-order valence-corrected chi connectivity index (χ0v) is 13.7. The van der Waals surface area contributed by atoms with Crippen LogP contribution in [-0.2, 0) is 6.42 Å². The molecule has 126 valence electrons. The first-order chi connectivity index (χ1) is 11.7. The molecule has 3 amide bonds. The molecule has 0 fully saturated rings. The molecule has 2 N–H and O–H groups in total. The lowest BCUT2D eigenvalue weighted by Gasteiger charge is -2.13. The Kier molecular flexibility index (Phi) is 6.19. The summed E-state index contributed by atoms with van der Waals surface area (Å²) < 4.78 is 10.6. The largest absolute Gasteiger partial charge is 0.493 e. The standard InChI is InChI=1S/C18H20N2O4/c1-23-15-10-6-9-13(16(15)24-2)11-12-19-18(22)20-17(21)14-7-4-3-5-8-14/h3-10H,11-12H2,1-2H3,(H2,19,20,21,22). The van der Waals surface area contributed by atoms with E-state index in [1.807, 2.05) is 12.1 Å². The highest BCUT2D eigenvalue weighted by atomic mass is 16.5. The molecule has 2 rings (SSSR count). The Balaban J connectivity index is 1.86. The molecule has 2 aromatic carbocycles. The van der Waals surface area contributed by atoms with E-state index in [4.69, 9.17) is 9.47 Å². The minimum atomic E-state index is -0.536. The van der Waals surface area contributed by atoms with E-state index in [1.165, 1.54) is 0 Å². The van der Waals surface area contributed by atoms with Gasteiger partial charge in [-0.25, -0.2) is 4.79 Å². The van der Waals surface area contributed by atoms with E-state index in [9.17, 15) is 9.59 Å². The van der Waals surface area contributed by atoms with Gasteiger partial charge in [0.15, 0.2) is 11.5 Å². The minimum absolute atomic E-state index is 0.359. The SMILES string of the molecule is COc1cccc(CCNC(=O)NC(=O)c2ccccc2)c1OC. The second-order valence-electron chi connectivity index (χ2n) is 4.98. The van der Waals surface area contributed by atoms with Crippen LogP contribution in [-0.4, -0.2) is 32.7 Å². The van der Waals surface area contributed by atoms with Crippen LogP contribution < -0.4 is 20.1 Å². The number of rotatable bonds is 6. The van der Waals surface area contributed by atoms with Gasteiger partial charge in [0.2, 0.25) is 0 Å². The smallest absolute Gasteiger partial charge is 0.321 e. The second-order valence-corrected chi connectivity index (χ2v) is 4.98. The van der Waals surface area contributed by atoms with Crippen molar-refractivity contribution in [1.82, 2.24) is 10.6 Å². The van der Waals surface area contributed by atoms with Gasteiger partial charge >= 0.3 is 6.03 Å². The Labute approximate surface area is 140 Å². The van der Waals surface area contributed by atoms with Gasteiger partial charge in [0.05, 0.1) is 14.2 Å². The van der Waals surface area contributed by atoms with Gasteiger partial charge in [-0.2, -0.15) is 0 Å². The highest BCUT2D eigenvalue weighted by molar-refractivity contribution is 6.04. The number of hydrogen-bond donors (Lipinski definition) is 2. The maximum absolute atomic E-state index is 11.9. The molecule has 0 saturated carbocycles. The number of ether oxygens (including phenoxy) is 2. The Bertz CT molecular complexity index is 701. The number of para-hydroxylation sites is 1. The van der Waals surface area contributed by atoms with Gasteiger partial charge in [-0.3, -0.25) is 10.1 Å². The first kappa shape index (κ1) is 17.3. The van der Waals surface area contributed by atoms with Crippen molar-refractivity contribution in [3.8, 4) is 11.5 Å². The number of carbonyl (C=O) groups excluding carboxylic acids is 2. The molecule has 0 aliphatic rings. The number of nitrogens with one attached hydrogen (secondary N) is 2. The van der Waals surface area contributed by atoms with Crippen LogP contribution in [0.2, 0.25) is 0 Å². The van der Waals surface area contributed by atoms with Crippen molar-refractivity contribution in [2.75, 3.05) is 20.8 Å². The topological polar surface area (TPSA) is 76.7 Å². The van der Waals surface area contributed by atoms with E-state index >= 15 is 0 Å². The maximum Gasteiger partial charge on any atom is 0.321 e. The fourth-order valence-electron chi connectivity index (χ4n) is 2.27. The zero-order valence-electron chi connectivity index (χ0n) is 13.7. The quantitative estimate of drug-likeness (QED) is 0.853. The van der Waals surface area contributed by atoms with Crippen molar-refractivity contribution in [3.63, 3.8) is 0 Å². The highest BCUT2D eigenvalue weighted by Gasteiger charge is 2.11. The van der Waals surface area contributed by atoms with Crippen LogP contribution >= 0.6 is 0 Å². The lowest BCUT2D eigenvalue weighted by Crippen LogP contribution is -2.40. The molecule has 6 heteroatoms. The highest BCUT2D eigenvalue weighted by Crippen LogP contribution is 2.30. The van der Waals surface area contributed by atoms with Crippen LogP contribution in [0.25, 0.3) is 0 Å². The van der Waals surface area contributed by atoms with Crippen LogP contribution in [0.1, 0.15) is 15.9 Å². The molecule has 0 unspecified atom stereocenters. The predicted octanol–water partition coefficient (Wildman–Crippen LogP) is 2.39. The van der Waals surface area contributed by atoms with Crippen molar-refractivity contribution in [2.45, 2.75) is 6.42 Å². The summed E-state index contributed by atoms with van der Waals surface area (Å²) in [6.07, 6.45) is 0.549. The third-order valence-corrected chi connectivity index (χ3v) is 3.43.